The molecule has 3 rings (SSSR count). The molecule has 1 aliphatic rings. The third-order valence-corrected chi connectivity index (χ3v) is 3.82. The number of nitrogens with zero attached hydrogens (tertiary/aromatic N) is 1. The van der Waals surface area contributed by atoms with E-state index in [1.54, 1.807) is 11.0 Å². The third-order valence-electron chi connectivity index (χ3n) is 3.82. The fraction of sp³-hybridized carbons (Fsp3) is 0.278. The van der Waals surface area contributed by atoms with Crippen LogP contribution < -0.4 is 19.5 Å². The average molecular weight is 382 g/mol. The van der Waals surface area contributed by atoms with Crippen LogP contribution in [-0.2, 0) is 6.54 Å². The summed E-state index contributed by atoms with van der Waals surface area (Å²) in [5.74, 6) is 0.935. The molecule has 2 amide bonds. The maximum absolute atomic E-state index is 12.4. The van der Waals surface area contributed by atoms with Crippen LogP contribution in [0.25, 0.3) is 0 Å². The number of benzene rings is 2. The number of nitrogens with one attached hydrogen (secondary N) is 1. The van der Waals surface area contributed by atoms with Gasteiger partial charge in [-0.15, -0.1) is 13.2 Å². The Balaban J connectivity index is 1.61. The highest BCUT2D eigenvalue weighted by atomic mass is 19.4. The zero-order valence-electron chi connectivity index (χ0n) is 14.4. The molecule has 1 aliphatic heterocycles. The Morgan fingerprint density at radius 2 is 1.85 bits per heavy atom. The van der Waals surface area contributed by atoms with Crippen LogP contribution in [0, 0.1) is 0 Å². The molecule has 1 N–H and O–H groups in total. The summed E-state index contributed by atoms with van der Waals surface area (Å²) in [6, 6.07) is 10.0. The number of hydrogen-bond donors (Lipinski definition) is 1. The number of fused-ring (bicyclic) bond motifs is 1. The molecule has 0 atom stereocenters. The summed E-state index contributed by atoms with van der Waals surface area (Å²) >= 11 is 0. The number of amides is 2. The van der Waals surface area contributed by atoms with Crippen LogP contribution in [0.1, 0.15) is 12.5 Å². The number of ether oxygens (including phenoxy) is 3. The molecule has 2 aromatic rings. The molecule has 6 nitrogen and oxygen atoms in total. The first-order valence-electron chi connectivity index (χ1n) is 8.14. The lowest BCUT2D eigenvalue weighted by atomic mass is 10.2. The minimum absolute atomic E-state index is 0.171. The van der Waals surface area contributed by atoms with Gasteiger partial charge in [0.15, 0.2) is 11.5 Å². The zero-order valence-corrected chi connectivity index (χ0v) is 14.4. The van der Waals surface area contributed by atoms with Crippen molar-refractivity contribution in [3.63, 3.8) is 0 Å². The monoisotopic (exact) mass is 382 g/mol. The van der Waals surface area contributed by atoms with Gasteiger partial charge in [-0.3, -0.25) is 0 Å². The number of rotatable bonds is 5. The van der Waals surface area contributed by atoms with E-state index in [0.717, 1.165) is 17.7 Å². The molecule has 0 radical (unpaired) electrons. The minimum atomic E-state index is -4.76. The highest BCUT2D eigenvalue weighted by molar-refractivity contribution is 5.89. The smallest absolute Gasteiger partial charge is 0.454 e. The topological polar surface area (TPSA) is 60.0 Å². The summed E-state index contributed by atoms with van der Waals surface area (Å²) in [5.41, 5.74) is 1.23. The molecule has 0 spiro atoms. The fourth-order valence-electron chi connectivity index (χ4n) is 2.53. The Kier molecular flexibility index (Phi) is 5.29. The van der Waals surface area contributed by atoms with E-state index < -0.39 is 6.36 Å². The van der Waals surface area contributed by atoms with Gasteiger partial charge in [0.1, 0.15) is 5.75 Å². The van der Waals surface area contributed by atoms with E-state index in [4.69, 9.17) is 9.47 Å². The molecule has 0 saturated heterocycles. The van der Waals surface area contributed by atoms with Crippen LogP contribution in [0.2, 0.25) is 0 Å². The van der Waals surface area contributed by atoms with Crippen LogP contribution in [-0.4, -0.2) is 30.6 Å². The molecule has 0 fully saturated rings. The second-order valence-corrected chi connectivity index (χ2v) is 5.70. The first-order chi connectivity index (χ1) is 12.8. The third kappa shape index (κ3) is 4.96. The van der Waals surface area contributed by atoms with Crippen molar-refractivity contribution in [2.45, 2.75) is 19.8 Å². The summed E-state index contributed by atoms with van der Waals surface area (Å²) in [6.45, 7) is 2.78. The van der Waals surface area contributed by atoms with E-state index in [9.17, 15) is 18.0 Å². The van der Waals surface area contributed by atoms with Gasteiger partial charge in [0.2, 0.25) is 6.79 Å². The van der Waals surface area contributed by atoms with Crippen molar-refractivity contribution in [2.24, 2.45) is 0 Å². The summed E-state index contributed by atoms with van der Waals surface area (Å²) in [6.07, 6.45) is -4.76. The Labute approximate surface area is 153 Å². The summed E-state index contributed by atoms with van der Waals surface area (Å²) < 4.78 is 50.9. The Hall–Kier alpha value is -3.10. The van der Waals surface area contributed by atoms with Crippen LogP contribution in [0.4, 0.5) is 23.7 Å². The molecule has 0 bridgehead atoms. The van der Waals surface area contributed by atoms with E-state index in [2.05, 4.69) is 10.1 Å². The lowest BCUT2D eigenvalue weighted by Gasteiger charge is -2.21. The number of anilines is 1. The van der Waals surface area contributed by atoms with Crippen LogP contribution in [0.5, 0.6) is 17.2 Å². The second kappa shape index (κ2) is 7.65. The Morgan fingerprint density at radius 3 is 2.52 bits per heavy atom. The number of carbonyl (C=O) groups excluding carboxylic acids is 1. The van der Waals surface area contributed by atoms with Crippen LogP contribution >= 0.6 is 0 Å². The van der Waals surface area contributed by atoms with Crippen molar-refractivity contribution in [3.05, 3.63) is 48.0 Å². The van der Waals surface area contributed by atoms with Crippen molar-refractivity contribution < 1.29 is 32.2 Å². The van der Waals surface area contributed by atoms with Gasteiger partial charge in [-0.05, 0) is 48.9 Å². The van der Waals surface area contributed by atoms with Gasteiger partial charge < -0.3 is 24.4 Å². The van der Waals surface area contributed by atoms with E-state index in [0.29, 0.717) is 30.3 Å². The molecular weight excluding hydrogens is 365 g/mol. The quantitative estimate of drug-likeness (QED) is 0.834. The molecule has 0 aromatic heterocycles. The largest absolute Gasteiger partial charge is 0.573 e. The zero-order chi connectivity index (χ0) is 19.4. The van der Waals surface area contributed by atoms with Gasteiger partial charge in [-0.2, -0.15) is 0 Å². The predicted molar refractivity (Wildman–Crippen MR) is 90.8 cm³/mol. The normalized spacial score (nSPS) is 12.6. The van der Waals surface area contributed by atoms with Crippen LogP contribution in [0.3, 0.4) is 0 Å². The number of alkyl halides is 3. The first kappa shape index (κ1) is 18.7. The highest BCUT2D eigenvalue weighted by Crippen LogP contribution is 2.33. The van der Waals surface area contributed by atoms with E-state index >= 15 is 0 Å². The van der Waals surface area contributed by atoms with Gasteiger partial charge in [0.05, 0.1) is 0 Å². The summed E-state index contributed by atoms with van der Waals surface area (Å²) in [4.78, 5) is 14.0. The lowest BCUT2D eigenvalue weighted by molar-refractivity contribution is -0.274. The maximum Gasteiger partial charge on any atom is 0.573 e. The molecule has 0 unspecified atom stereocenters. The van der Waals surface area contributed by atoms with Crippen molar-refractivity contribution in [1.82, 2.24) is 4.90 Å². The van der Waals surface area contributed by atoms with Crippen molar-refractivity contribution in [3.8, 4) is 17.2 Å². The fourth-order valence-corrected chi connectivity index (χ4v) is 2.53. The SMILES string of the molecule is CCN(Cc1ccc2c(c1)OCO2)C(=O)Nc1ccc(OC(F)(F)F)cc1. The molecule has 144 valence electrons. The number of carbonyl (C=O) groups is 1. The standard InChI is InChI=1S/C18H17F3N2O4/c1-2-23(10-12-3-8-15-16(9-12)26-11-25-15)17(24)22-13-4-6-14(7-5-13)27-18(19,20)21/h3-9H,2,10-11H2,1H3,(H,22,24). The number of halogens is 3. The van der Waals surface area contributed by atoms with E-state index in [-0.39, 0.29) is 18.6 Å². The second-order valence-electron chi connectivity index (χ2n) is 5.70. The molecule has 1 heterocycles. The van der Waals surface area contributed by atoms with Crippen molar-refractivity contribution in [2.75, 3.05) is 18.7 Å². The van der Waals surface area contributed by atoms with Crippen LogP contribution in [0.15, 0.2) is 42.5 Å². The summed E-state index contributed by atoms with van der Waals surface area (Å²) in [5, 5.41) is 2.65. The molecule has 27 heavy (non-hydrogen) atoms. The molecule has 2 aromatic carbocycles. The number of hydrogen-bond acceptors (Lipinski definition) is 4. The van der Waals surface area contributed by atoms with Gasteiger partial charge in [-0.25, -0.2) is 4.79 Å². The molecule has 0 aliphatic carbocycles. The maximum atomic E-state index is 12.4. The number of urea groups is 1. The molecule has 0 saturated carbocycles. The average Bonchev–Trinajstić information content (AvgIpc) is 3.07. The van der Waals surface area contributed by atoms with Gasteiger partial charge >= 0.3 is 12.4 Å². The molecule has 9 heteroatoms. The first-order valence-corrected chi connectivity index (χ1v) is 8.14. The van der Waals surface area contributed by atoms with Crippen molar-refractivity contribution >= 4 is 11.7 Å². The van der Waals surface area contributed by atoms with E-state index in [1.807, 2.05) is 19.1 Å². The Bertz CT molecular complexity index is 809. The highest BCUT2D eigenvalue weighted by Gasteiger charge is 2.31. The molecular formula is C18H17F3N2O4. The van der Waals surface area contributed by atoms with Crippen molar-refractivity contribution in [1.29, 1.82) is 0 Å². The van der Waals surface area contributed by atoms with E-state index in [1.165, 1.54) is 12.1 Å². The van der Waals surface area contributed by atoms with Gasteiger partial charge in [0, 0.05) is 18.8 Å². The predicted octanol–water partition coefficient (Wildman–Crippen LogP) is 4.37. The minimum Gasteiger partial charge on any atom is -0.454 e. The van der Waals surface area contributed by atoms with Gasteiger partial charge in [0.25, 0.3) is 0 Å². The summed E-state index contributed by atoms with van der Waals surface area (Å²) in [7, 11) is 0. The lowest BCUT2D eigenvalue weighted by Crippen LogP contribution is -2.34. The Morgan fingerprint density at radius 1 is 1.15 bits per heavy atom. The van der Waals surface area contributed by atoms with Gasteiger partial charge in [-0.1, -0.05) is 6.07 Å².